The van der Waals surface area contributed by atoms with Crippen LogP contribution in [0.25, 0.3) is 0 Å². The Kier molecular flexibility index (Phi) is 5.52. The second kappa shape index (κ2) is 8.25. The summed E-state index contributed by atoms with van der Waals surface area (Å²) in [6.45, 7) is 2.50. The van der Waals surface area contributed by atoms with E-state index in [1.54, 1.807) is 12.1 Å². The van der Waals surface area contributed by atoms with Gasteiger partial charge in [-0.05, 0) is 61.7 Å². The van der Waals surface area contributed by atoms with Gasteiger partial charge in [-0.1, -0.05) is 23.7 Å². The smallest absolute Gasteiger partial charge is 0.161 e. The van der Waals surface area contributed by atoms with Crippen LogP contribution in [-0.2, 0) is 4.79 Å². The van der Waals surface area contributed by atoms with Gasteiger partial charge in [-0.2, -0.15) is 5.26 Å². The van der Waals surface area contributed by atoms with Crippen molar-refractivity contribution in [2.75, 3.05) is 11.5 Å². The van der Waals surface area contributed by atoms with Gasteiger partial charge in [-0.3, -0.25) is 9.69 Å². The SMILES string of the molecule is CCOc1ccc([C@@H]2C(C#N)=C(N)N(c3ccc(Cl)cc3)C3=C2C(=O)CCC3)cc1. The summed E-state index contributed by atoms with van der Waals surface area (Å²) in [7, 11) is 0. The highest BCUT2D eigenvalue weighted by molar-refractivity contribution is 6.30. The highest BCUT2D eigenvalue weighted by atomic mass is 35.5. The summed E-state index contributed by atoms with van der Waals surface area (Å²) in [4.78, 5) is 14.9. The van der Waals surface area contributed by atoms with Crippen molar-refractivity contribution in [3.8, 4) is 11.8 Å². The molecule has 6 heteroatoms. The zero-order chi connectivity index (χ0) is 21.3. The van der Waals surface area contributed by atoms with Crippen molar-refractivity contribution in [2.45, 2.75) is 32.1 Å². The number of hydrogen-bond donors (Lipinski definition) is 1. The number of Topliss-reactive ketones (excluding diaryl/α,β-unsaturated/α-hetero) is 1. The van der Waals surface area contributed by atoms with Crippen LogP contribution >= 0.6 is 11.6 Å². The highest BCUT2D eigenvalue weighted by Gasteiger charge is 2.40. The van der Waals surface area contributed by atoms with Crippen molar-refractivity contribution < 1.29 is 9.53 Å². The molecule has 0 unspecified atom stereocenters. The molecule has 1 heterocycles. The van der Waals surface area contributed by atoms with E-state index < -0.39 is 5.92 Å². The normalized spacial score (nSPS) is 18.9. The number of anilines is 1. The van der Waals surface area contributed by atoms with Crippen LogP contribution in [0.4, 0.5) is 5.69 Å². The van der Waals surface area contributed by atoms with E-state index in [9.17, 15) is 10.1 Å². The van der Waals surface area contributed by atoms with Crippen LogP contribution in [0.3, 0.4) is 0 Å². The Morgan fingerprint density at radius 1 is 1.17 bits per heavy atom. The summed E-state index contributed by atoms with van der Waals surface area (Å²) in [5.74, 6) is 0.693. The number of ether oxygens (including phenoxy) is 1. The van der Waals surface area contributed by atoms with E-state index in [0.29, 0.717) is 35.0 Å². The van der Waals surface area contributed by atoms with E-state index in [1.165, 1.54) is 0 Å². The summed E-state index contributed by atoms with van der Waals surface area (Å²) in [6, 6.07) is 17.1. The number of benzene rings is 2. The molecule has 0 saturated carbocycles. The molecular weight excluding hydrogens is 398 g/mol. The van der Waals surface area contributed by atoms with Gasteiger partial charge in [0.05, 0.1) is 24.2 Å². The molecule has 0 saturated heterocycles. The molecule has 0 bridgehead atoms. The molecule has 1 aliphatic heterocycles. The van der Waals surface area contributed by atoms with E-state index >= 15 is 0 Å². The van der Waals surface area contributed by atoms with Crippen molar-refractivity contribution in [1.29, 1.82) is 5.26 Å². The zero-order valence-electron chi connectivity index (χ0n) is 16.7. The molecule has 0 fully saturated rings. The molecule has 0 aromatic heterocycles. The third kappa shape index (κ3) is 3.44. The number of carbonyl (C=O) groups excluding carboxylic acids is 1. The maximum atomic E-state index is 13.1. The number of allylic oxidation sites excluding steroid dienone is 3. The Morgan fingerprint density at radius 3 is 2.50 bits per heavy atom. The lowest BCUT2D eigenvalue weighted by Gasteiger charge is -2.39. The number of nitriles is 1. The minimum Gasteiger partial charge on any atom is -0.494 e. The number of carbonyl (C=O) groups is 1. The van der Waals surface area contributed by atoms with Gasteiger partial charge < -0.3 is 10.5 Å². The van der Waals surface area contributed by atoms with E-state index in [-0.39, 0.29) is 5.78 Å². The molecule has 2 N–H and O–H groups in total. The molecule has 1 aliphatic carbocycles. The third-order valence-corrected chi connectivity index (χ3v) is 5.77. The second-order valence-electron chi connectivity index (χ2n) is 7.29. The summed E-state index contributed by atoms with van der Waals surface area (Å²) in [5, 5.41) is 10.6. The lowest BCUT2D eigenvalue weighted by Crippen LogP contribution is -2.38. The van der Waals surface area contributed by atoms with Gasteiger partial charge >= 0.3 is 0 Å². The van der Waals surface area contributed by atoms with Crippen LogP contribution in [0.15, 0.2) is 71.2 Å². The van der Waals surface area contributed by atoms with E-state index in [1.807, 2.05) is 48.2 Å². The van der Waals surface area contributed by atoms with Crippen LogP contribution < -0.4 is 15.4 Å². The fourth-order valence-electron chi connectivity index (χ4n) is 4.23. The number of nitrogens with zero attached hydrogens (tertiary/aromatic N) is 2. The predicted octanol–water partition coefficient (Wildman–Crippen LogP) is 5.04. The molecular formula is C24H22ClN3O2. The first kappa shape index (κ1) is 20.1. The van der Waals surface area contributed by atoms with E-state index in [0.717, 1.165) is 35.5 Å². The zero-order valence-corrected chi connectivity index (χ0v) is 17.4. The molecule has 0 radical (unpaired) electrons. The molecule has 2 aromatic rings. The molecule has 1 atom stereocenters. The number of halogens is 1. The van der Waals surface area contributed by atoms with Crippen molar-refractivity contribution in [3.05, 3.63) is 81.8 Å². The van der Waals surface area contributed by atoms with Gasteiger partial charge in [0.25, 0.3) is 0 Å². The van der Waals surface area contributed by atoms with Gasteiger partial charge in [0.15, 0.2) is 5.78 Å². The monoisotopic (exact) mass is 419 g/mol. The topological polar surface area (TPSA) is 79.3 Å². The average molecular weight is 420 g/mol. The first-order chi connectivity index (χ1) is 14.5. The molecule has 30 heavy (non-hydrogen) atoms. The van der Waals surface area contributed by atoms with E-state index in [4.69, 9.17) is 22.1 Å². The molecule has 4 rings (SSSR count). The highest BCUT2D eigenvalue weighted by Crippen LogP contribution is 2.46. The Hall–Kier alpha value is -3.23. The van der Waals surface area contributed by atoms with Gasteiger partial charge in [0, 0.05) is 28.4 Å². The van der Waals surface area contributed by atoms with Crippen LogP contribution in [-0.4, -0.2) is 12.4 Å². The molecule has 152 valence electrons. The Balaban J connectivity index is 1.88. The summed E-state index contributed by atoms with van der Waals surface area (Å²) in [5.41, 5.74) is 10.1. The van der Waals surface area contributed by atoms with Crippen LogP contribution in [0.2, 0.25) is 5.02 Å². The third-order valence-electron chi connectivity index (χ3n) is 5.52. The van der Waals surface area contributed by atoms with Gasteiger partial charge in [-0.25, -0.2) is 0 Å². The molecule has 0 amide bonds. The average Bonchev–Trinajstić information content (AvgIpc) is 2.75. The maximum absolute atomic E-state index is 13.1. The largest absolute Gasteiger partial charge is 0.494 e. The van der Waals surface area contributed by atoms with Crippen molar-refractivity contribution in [1.82, 2.24) is 0 Å². The summed E-state index contributed by atoms with van der Waals surface area (Å²) >= 11 is 6.05. The quantitative estimate of drug-likeness (QED) is 0.750. The lowest BCUT2D eigenvalue weighted by molar-refractivity contribution is -0.116. The lowest BCUT2D eigenvalue weighted by atomic mass is 9.75. The number of rotatable bonds is 4. The maximum Gasteiger partial charge on any atom is 0.161 e. The van der Waals surface area contributed by atoms with Gasteiger partial charge in [0.2, 0.25) is 0 Å². The van der Waals surface area contributed by atoms with Crippen molar-refractivity contribution in [2.24, 2.45) is 5.73 Å². The number of ketones is 1. The Bertz CT molecular complexity index is 1080. The molecule has 5 nitrogen and oxygen atoms in total. The van der Waals surface area contributed by atoms with Crippen LogP contribution in [0.5, 0.6) is 5.75 Å². The van der Waals surface area contributed by atoms with Crippen molar-refractivity contribution in [3.63, 3.8) is 0 Å². The first-order valence-corrected chi connectivity index (χ1v) is 10.4. The molecule has 2 aromatic carbocycles. The first-order valence-electron chi connectivity index (χ1n) is 9.99. The standard InChI is InChI=1S/C24H22ClN3O2/c1-2-30-18-12-6-15(7-13-18)22-19(14-26)24(27)28(17-10-8-16(25)9-11-17)20-4-3-5-21(29)23(20)22/h6-13,22H,2-5,27H2,1H3/t22-/m1/s1. The number of hydrogen-bond acceptors (Lipinski definition) is 5. The summed E-state index contributed by atoms with van der Waals surface area (Å²) < 4.78 is 5.54. The summed E-state index contributed by atoms with van der Waals surface area (Å²) in [6.07, 6.45) is 1.95. The molecule has 0 spiro atoms. The fraction of sp³-hybridized carbons (Fsp3) is 0.250. The number of nitrogens with two attached hydrogens (primary N) is 1. The fourth-order valence-corrected chi connectivity index (χ4v) is 4.35. The Labute approximate surface area is 181 Å². The predicted molar refractivity (Wildman–Crippen MR) is 117 cm³/mol. The van der Waals surface area contributed by atoms with Crippen molar-refractivity contribution >= 4 is 23.1 Å². The van der Waals surface area contributed by atoms with Crippen LogP contribution in [0, 0.1) is 11.3 Å². The van der Waals surface area contributed by atoms with Gasteiger partial charge in [-0.15, -0.1) is 0 Å². The van der Waals surface area contributed by atoms with Gasteiger partial charge in [0.1, 0.15) is 11.6 Å². The minimum absolute atomic E-state index is 0.0642. The van der Waals surface area contributed by atoms with Crippen LogP contribution in [0.1, 0.15) is 37.7 Å². The minimum atomic E-state index is -0.475. The second-order valence-corrected chi connectivity index (χ2v) is 7.73. The molecule has 2 aliphatic rings. The van der Waals surface area contributed by atoms with E-state index in [2.05, 4.69) is 6.07 Å². The Morgan fingerprint density at radius 2 is 1.87 bits per heavy atom.